The Morgan fingerprint density at radius 2 is 1.94 bits per heavy atom. The third-order valence-electron chi connectivity index (χ3n) is 2.77. The monoisotopic (exact) mass is 300 g/mol. The van der Waals surface area contributed by atoms with Crippen LogP contribution in [0.2, 0.25) is 0 Å². The van der Waals surface area contributed by atoms with E-state index in [0.717, 1.165) is 0 Å². The summed E-state index contributed by atoms with van der Waals surface area (Å²) >= 11 is -2.77. The zero-order chi connectivity index (χ0) is 11.8. The molecule has 0 saturated heterocycles. The molecule has 0 aromatic heterocycles. The molecule has 0 spiro atoms. The molecule has 0 heterocycles. The van der Waals surface area contributed by atoms with E-state index in [9.17, 15) is 5.25 Å². The van der Waals surface area contributed by atoms with E-state index in [1.165, 1.54) is 30.4 Å². The van der Waals surface area contributed by atoms with Crippen molar-refractivity contribution >= 4 is 6.08 Å². The second-order valence-electron chi connectivity index (χ2n) is 3.81. The Labute approximate surface area is 109 Å². The number of hydrogen-bond donors (Lipinski definition) is 0. The molecule has 0 amide bonds. The fraction of sp³-hybridized carbons (Fsp3) is 0.385. The number of rotatable bonds is 3. The van der Waals surface area contributed by atoms with Crippen molar-refractivity contribution in [3.63, 3.8) is 0 Å². The van der Waals surface area contributed by atoms with Crippen LogP contribution in [0.3, 0.4) is 0 Å². The van der Waals surface area contributed by atoms with Crippen molar-refractivity contribution < 1.29 is 29.7 Å². The van der Waals surface area contributed by atoms with Crippen LogP contribution in [-0.4, -0.2) is 0 Å². The molecule has 16 heavy (non-hydrogen) atoms. The average Bonchev–Trinajstić information content (AvgIpc) is 2.71. The van der Waals surface area contributed by atoms with E-state index in [4.69, 9.17) is 0 Å². The van der Waals surface area contributed by atoms with Gasteiger partial charge in [0.1, 0.15) is 0 Å². The van der Waals surface area contributed by atoms with Crippen molar-refractivity contribution in [3.05, 3.63) is 41.5 Å². The van der Waals surface area contributed by atoms with Gasteiger partial charge in [0.15, 0.2) is 0 Å². The molecule has 0 N–H and O–H groups in total. The third-order valence-corrected chi connectivity index (χ3v) is 2.77. The molecule has 0 bridgehead atoms. The first-order chi connectivity index (χ1) is 7.83. The molecule has 1 unspecified atom stereocenters. The fourth-order valence-corrected chi connectivity index (χ4v) is 2.00. The van der Waals surface area contributed by atoms with Crippen LogP contribution >= 0.6 is 0 Å². The summed E-state index contributed by atoms with van der Waals surface area (Å²) in [6.45, 7) is 2.25. The molecule has 1 aliphatic rings. The van der Waals surface area contributed by atoms with Gasteiger partial charge >= 0.3 is 29.7 Å². The van der Waals surface area contributed by atoms with Gasteiger partial charge < -0.3 is 0 Å². The van der Waals surface area contributed by atoms with Gasteiger partial charge in [0.2, 0.25) is 0 Å². The number of unbranched alkanes of at least 4 members (excludes halogenated alkanes) is 1. The summed E-state index contributed by atoms with van der Waals surface area (Å²) in [6.07, 6.45) is 8.55. The van der Waals surface area contributed by atoms with Crippen molar-refractivity contribution in [2.24, 2.45) is 0 Å². The molecule has 1 aliphatic carbocycles. The van der Waals surface area contributed by atoms with E-state index >= 15 is 0 Å². The maximum absolute atomic E-state index is 9.80. The van der Waals surface area contributed by atoms with E-state index in [-0.39, 0.29) is 0 Å². The summed E-state index contributed by atoms with van der Waals surface area (Å²) < 4.78 is 19.6. The Bertz CT molecular complexity index is 336. The Morgan fingerprint density at radius 3 is 2.62 bits per heavy atom. The molecule has 0 aliphatic heterocycles. The van der Waals surface area contributed by atoms with Crippen LogP contribution in [0.4, 0.5) is 5.25 Å². The number of allylic oxidation sites excluding steroid dienone is 1. The first kappa shape index (κ1) is 13.8. The molecular formula is C13H16F2Zr. The third kappa shape index (κ3) is 3.94. The van der Waals surface area contributed by atoms with Crippen molar-refractivity contribution in [2.45, 2.75) is 32.1 Å². The molecule has 0 saturated carbocycles. The van der Waals surface area contributed by atoms with Crippen molar-refractivity contribution in [1.29, 1.82) is 0 Å². The van der Waals surface area contributed by atoms with Gasteiger partial charge in [-0.15, -0.1) is 0 Å². The van der Waals surface area contributed by atoms with Gasteiger partial charge in [0.05, 0.1) is 0 Å². The van der Waals surface area contributed by atoms with Crippen molar-refractivity contribution in [3.8, 4) is 0 Å². The summed E-state index contributed by atoms with van der Waals surface area (Å²) in [7, 11) is 0. The number of hydrogen-bond acceptors (Lipinski definition) is 0. The Kier molecular flexibility index (Phi) is 6.79. The summed E-state index contributed by atoms with van der Waals surface area (Å²) in [5.74, 6) is 0.691. The van der Waals surface area contributed by atoms with Gasteiger partial charge in [-0.1, -0.05) is 56.2 Å². The standard InChI is InChI=1S/C13H16.2FH.Zr/c1-2-3-6-11-9-10-12-7-4-5-8-13(11)12;;;/h4-5,7-11H,2-3,6H2,1H3;2*1H;/q;;;+2/p-2. The Balaban J connectivity index is 0.000000386. The summed E-state index contributed by atoms with van der Waals surface area (Å²) in [5, 5.41) is 0. The van der Waals surface area contributed by atoms with Gasteiger partial charge in [-0.3, -0.25) is 0 Å². The van der Waals surface area contributed by atoms with Gasteiger partial charge in [0, 0.05) is 5.92 Å². The molecule has 0 radical (unpaired) electrons. The summed E-state index contributed by atoms with van der Waals surface area (Å²) in [4.78, 5) is 0. The van der Waals surface area contributed by atoms with Crippen LogP contribution < -0.4 is 0 Å². The van der Waals surface area contributed by atoms with Gasteiger partial charge in [-0.2, -0.15) is 0 Å². The quantitative estimate of drug-likeness (QED) is 0.750. The van der Waals surface area contributed by atoms with E-state index in [2.05, 4.69) is 43.3 Å². The first-order valence-electron chi connectivity index (χ1n) is 5.56. The number of halogens is 2. The molecular weight excluding hydrogens is 285 g/mol. The first-order valence-corrected chi connectivity index (χ1v) is 7.42. The van der Waals surface area contributed by atoms with E-state index < -0.39 is 24.5 Å². The van der Waals surface area contributed by atoms with Crippen molar-refractivity contribution in [2.75, 3.05) is 0 Å². The van der Waals surface area contributed by atoms with Gasteiger partial charge in [-0.05, 0) is 17.5 Å². The minimum atomic E-state index is -2.77. The van der Waals surface area contributed by atoms with Crippen molar-refractivity contribution in [1.82, 2.24) is 0 Å². The zero-order valence-corrected chi connectivity index (χ0v) is 11.9. The fourth-order valence-electron chi connectivity index (χ4n) is 2.00. The van der Waals surface area contributed by atoms with Crippen LogP contribution in [0.1, 0.15) is 43.2 Å². The van der Waals surface area contributed by atoms with E-state index in [0.29, 0.717) is 5.92 Å². The van der Waals surface area contributed by atoms with Crippen LogP contribution in [0.15, 0.2) is 30.3 Å². The van der Waals surface area contributed by atoms with Crippen LogP contribution in [0.25, 0.3) is 6.08 Å². The Morgan fingerprint density at radius 1 is 1.25 bits per heavy atom. The molecule has 3 heteroatoms. The normalized spacial score (nSPS) is 16.3. The molecule has 1 aromatic rings. The predicted molar refractivity (Wildman–Crippen MR) is 60.0 cm³/mol. The van der Waals surface area contributed by atoms with Gasteiger partial charge in [-0.25, -0.2) is 0 Å². The molecule has 1 atom stereocenters. The van der Waals surface area contributed by atoms with Crippen LogP contribution in [0, 0.1) is 0 Å². The number of benzene rings is 1. The molecule has 0 fully saturated rings. The second-order valence-corrected chi connectivity index (χ2v) is 4.16. The second kappa shape index (κ2) is 7.89. The van der Waals surface area contributed by atoms with Crippen LogP contribution in [-0.2, 0) is 24.5 Å². The van der Waals surface area contributed by atoms with E-state index in [1.807, 2.05) is 0 Å². The molecule has 86 valence electrons. The molecule has 0 nitrogen and oxygen atoms in total. The Hall–Kier alpha value is -0.297. The van der Waals surface area contributed by atoms with Gasteiger partial charge in [0.25, 0.3) is 0 Å². The summed E-state index contributed by atoms with van der Waals surface area (Å²) in [5.41, 5.74) is 2.94. The topological polar surface area (TPSA) is 0 Å². The average molecular weight is 301 g/mol. The zero-order valence-electron chi connectivity index (χ0n) is 9.42. The summed E-state index contributed by atoms with van der Waals surface area (Å²) in [6, 6.07) is 8.73. The minimum absolute atomic E-state index is 0.691. The predicted octanol–water partition coefficient (Wildman–Crippen LogP) is 4.83. The van der Waals surface area contributed by atoms with Crippen LogP contribution in [0.5, 0.6) is 0 Å². The SMILES string of the molecule is CCCCC1C=Cc2ccccc21.[F][Zr][F]. The van der Waals surface area contributed by atoms with E-state index in [1.54, 1.807) is 0 Å². The number of fused-ring (bicyclic) bond motifs is 1. The maximum atomic E-state index is 9.80. The molecule has 1 aromatic carbocycles. The molecule has 2 rings (SSSR count).